The Labute approximate surface area is 90.1 Å². The molecule has 0 unspecified atom stereocenters. The van der Waals surface area contributed by atoms with Crippen LogP contribution in [-0.2, 0) is 6.42 Å². The van der Waals surface area contributed by atoms with E-state index in [4.69, 9.17) is 17.4 Å². The first-order valence-corrected chi connectivity index (χ1v) is 4.26. The minimum absolute atomic E-state index is 0. The summed E-state index contributed by atoms with van der Waals surface area (Å²) in [5.41, 5.74) is 1.22. The molecule has 0 aliphatic heterocycles. The number of hydrogen-bond acceptors (Lipinski definition) is 2. The van der Waals surface area contributed by atoms with Gasteiger partial charge in [-0.05, 0) is 24.1 Å². The number of nitrogens with two attached hydrogens (primary N) is 1. The van der Waals surface area contributed by atoms with Gasteiger partial charge in [-0.1, -0.05) is 23.7 Å². The number of hydrazine groups is 1. The molecular formula is C9H14Cl2N2. The quantitative estimate of drug-likeness (QED) is 0.625. The highest BCUT2D eigenvalue weighted by molar-refractivity contribution is 6.30. The molecule has 74 valence electrons. The van der Waals surface area contributed by atoms with Gasteiger partial charge in [0.25, 0.3) is 0 Å². The number of nitrogens with zero attached hydrogens (tertiary/aromatic N) is 1. The summed E-state index contributed by atoms with van der Waals surface area (Å²) < 4.78 is 0. The molecule has 2 N–H and O–H groups in total. The van der Waals surface area contributed by atoms with E-state index in [0.29, 0.717) is 0 Å². The van der Waals surface area contributed by atoms with E-state index in [-0.39, 0.29) is 12.4 Å². The van der Waals surface area contributed by atoms with E-state index in [2.05, 4.69) is 6.07 Å². The molecule has 0 saturated carbocycles. The van der Waals surface area contributed by atoms with Crippen molar-refractivity contribution in [3.63, 3.8) is 0 Å². The van der Waals surface area contributed by atoms with Gasteiger partial charge in [-0.3, -0.25) is 5.84 Å². The maximum Gasteiger partial charge on any atom is 0.0408 e. The minimum atomic E-state index is 0. The predicted octanol–water partition coefficient (Wildman–Crippen LogP) is 2.11. The summed E-state index contributed by atoms with van der Waals surface area (Å²) in [6.45, 7) is 0.848. The second-order valence-corrected chi connectivity index (χ2v) is 3.30. The fourth-order valence-electron chi connectivity index (χ4n) is 0.998. The van der Waals surface area contributed by atoms with Gasteiger partial charge >= 0.3 is 0 Å². The molecule has 0 atom stereocenters. The Balaban J connectivity index is 0.00000144. The molecule has 0 saturated heterocycles. The molecule has 13 heavy (non-hydrogen) atoms. The third-order valence-corrected chi connectivity index (χ3v) is 1.88. The molecule has 0 bridgehead atoms. The molecular weight excluding hydrogens is 207 g/mol. The number of likely N-dealkylation sites (N-methyl/N-ethyl adjacent to an activating group) is 1. The first kappa shape index (κ1) is 12.7. The highest BCUT2D eigenvalue weighted by Crippen LogP contribution is 2.10. The molecule has 0 spiro atoms. The Morgan fingerprint density at radius 2 is 2.15 bits per heavy atom. The maximum absolute atomic E-state index is 5.82. The lowest BCUT2D eigenvalue weighted by atomic mass is 10.1. The van der Waals surface area contributed by atoms with Crippen LogP contribution in [0.15, 0.2) is 24.3 Å². The van der Waals surface area contributed by atoms with Crippen LogP contribution in [0.1, 0.15) is 5.56 Å². The smallest absolute Gasteiger partial charge is 0.0408 e. The molecule has 0 aliphatic carbocycles. The highest BCUT2D eigenvalue weighted by atomic mass is 35.5. The Kier molecular flexibility index (Phi) is 6.08. The van der Waals surface area contributed by atoms with Gasteiger partial charge in [-0.15, -0.1) is 12.4 Å². The summed E-state index contributed by atoms with van der Waals surface area (Å²) in [5, 5.41) is 2.45. The summed E-state index contributed by atoms with van der Waals surface area (Å²) in [7, 11) is 1.85. The molecule has 2 nitrogen and oxygen atoms in total. The van der Waals surface area contributed by atoms with Crippen LogP contribution in [-0.4, -0.2) is 18.6 Å². The SMILES string of the molecule is CN(N)CCc1cccc(Cl)c1.Cl. The average molecular weight is 221 g/mol. The van der Waals surface area contributed by atoms with Gasteiger partial charge in [-0.25, -0.2) is 5.01 Å². The average Bonchev–Trinajstić information content (AvgIpc) is 2.01. The van der Waals surface area contributed by atoms with Crippen LogP contribution in [0.3, 0.4) is 0 Å². The van der Waals surface area contributed by atoms with Crippen molar-refractivity contribution in [1.82, 2.24) is 5.01 Å². The Bertz CT molecular complexity index is 251. The van der Waals surface area contributed by atoms with E-state index in [1.165, 1.54) is 5.56 Å². The third-order valence-electron chi connectivity index (χ3n) is 1.64. The minimum Gasteiger partial charge on any atom is -0.269 e. The van der Waals surface area contributed by atoms with Gasteiger partial charge in [0.2, 0.25) is 0 Å². The third kappa shape index (κ3) is 5.11. The topological polar surface area (TPSA) is 29.3 Å². The van der Waals surface area contributed by atoms with Crippen molar-refractivity contribution in [2.45, 2.75) is 6.42 Å². The van der Waals surface area contributed by atoms with Crippen molar-refractivity contribution >= 4 is 24.0 Å². The second-order valence-electron chi connectivity index (χ2n) is 2.86. The van der Waals surface area contributed by atoms with Gasteiger partial charge in [0, 0.05) is 18.6 Å². The Morgan fingerprint density at radius 1 is 1.46 bits per heavy atom. The van der Waals surface area contributed by atoms with Gasteiger partial charge in [0.15, 0.2) is 0 Å². The van der Waals surface area contributed by atoms with E-state index in [1.54, 1.807) is 5.01 Å². The summed E-state index contributed by atoms with van der Waals surface area (Å²) in [4.78, 5) is 0. The fourth-order valence-corrected chi connectivity index (χ4v) is 1.21. The number of halogens is 2. The van der Waals surface area contributed by atoms with E-state index in [0.717, 1.165) is 18.0 Å². The molecule has 1 aromatic carbocycles. The Hall–Kier alpha value is -0.280. The van der Waals surface area contributed by atoms with Crippen LogP contribution >= 0.6 is 24.0 Å². The molecule has 1 rings (SSSR count). The molecule has 0 amide bonds. The zero-order valence-electron chi connectivity index (χ0n) is 7.53. The van der Waals surface area contributed by atoms with Crippen molar-refractivity contribution in [3.05, 3.63) is 34.9 Å². The first-order chi connectivity index (χ1) is 5.68. The van der Waals surface area contributed by atoms with Gasteiger partial charge in [0.05, 0.1) is 0 Å². The van der Waals surface area contributed by atoms with E-state index < -0.39 is 0 Å². The van der Waals surface area contributed by atoms with Gasteiger partial charge in [-0.2, -0.15) is 0 Å². The summed E-state index contributed by atoms with van der Waals surface area (Å²) in [6, 6.07) is 7.84. The summed E-state index contributed by atoms with van der Waals surface area (Å²) in [6.07, 6.45) is 0.938. The lowest BCUT2D eigenvalue weighted by Crippen LogP contribution is -2.28. The zero-order valence-corrected chi connectivity index (χ0v) is 9.11. The lowest BCUT2D eigenvalue weighted by Gasteiger charge is -2.08. The zero-order chi connectivity index (χ0) is 8.97. The predicted molar refractivity (Wildman–Crippen MR) is 59.2 cm³/mol. The standard InChI is InChI=1S/C9H13ClN2.ClH/c1-12(11)6-5-8-3-2-4-9(10)7-8;/h2-4,7H,5-6,11H2,1H3;1H. The van der Waals surface area contributed by atoms with Gasteiger partial charge < -0.3 is 0 Å². The lowest BCUT2D eigenvalue weighted by molar-refractivity contribution is 0.354. The van der Waals surface area contributed by atoms with Crippen LogP contribution in [0.5, 0.6) is 0 Å². The van der Waals surface area contributed by atoms with E-state index >= 15 is 0 Å². The molecule has 1 aromatic rings. The first-order valence-electron chi connectivity index (χ1n) is 3.89. The van der Waals surface area contributed by atoms with Crippen molar-refractivity contribution in [2.75, 3.05) is 13.6 Å². The summed E-state index contributed by atoms with van der Waals surface area (Å²) in [5.74, 6) is 5.48. The van der Waals surface area contributed by atoms with Crippen LogP contribution < -0.4 is 5.84 Å². The molecule has 0 heterocycles. The number of benzene rings is 1. The van der Waals surface area contributed by atoms with Crippen LogP contribution in [0.4, 0.5) is 0 Å². The van der Waals surface area contributed by atoms with Crippen molar-refractivity contribution < 1.29 is 0 Å². The maximum atomic E-state index is 5.82. The highest BCUT2D eigenvalue weighted by Gasteiger charge is 1.95. The van der Waals surface area contributed by atoms with Crippen molar-refractivity contribution in [3.8, 4) is 0 Å². The van der Waals surface area contributed by atoms with E-state index in [9.17, 15) is 0 Å². The number of hydrogen-bond donors (Lipinski definition) is 1. The molecule has 4 heteroatoms. The molecule has 0 radical (unpaired) electrons. The molecule has 0 fully saturated rings. The van der Waals surface area contributed by atoms with Crippen molar-refractivity contribution in [1.29, 1.82) is 0 Å². The van der Waals surface area contributed by atoms with Crippen molar-refractivity contribution in [2.24, 2.45) is 5.84 Å². The van der Waals surface area contributed by atoms with Gasteiger partial charge in [0.1, 0.15) is 0 Å². The van der Waals surface area contributed by atoms with E-state index in [1.807, 2.05) is 25.2 Å². The molecule has 0 aliphatic rings. The summed E-state index contributed by atoms with van der Waals surface area (Å²) >= 11 is 5.82. The van der Waals surface area contributed by atoms with Crippen LogP contribution in [0, 0.1) is 0 Å². The number of rotatable bonds is 3. The largest absolute Gasteiger partial charge is 0.269 e. The second kappa shape index (κ2) is 6.22. The monoisotopic (exact) mass is 220 g/mol. The normalized spacial score (nSPS) is 9.85. The van der Waals surface area contributed by atoms with Crippen LogP contribution in [0.2, 0.25) is 5.02 Å². The Morgan fingerprint density at radius 3 is 2.69 bits per heavy atom. The van der Waals surface area contributed by atoms with Crippen LogP contribution in [0.25, 0.3) is 0 Å². The molecule has 0 aromatic heterocycles. The fraction of sp³-hybridized carbons (Fsp3) is 0.333.